The lowest BCUT2D eigenvalue weighted by molar-refractivity contribution is 0.268. The number of ether oxygens (including phenoxy) is 2. The topological polar surface area (TPSA) is 70.5 Å². The molecule has 2 aromatic carbocycles. The number of benzene rings is 2. The second kappa shape index (κ2) is 7.28. The fourth-order valence-electron chi connectivity index (χ4n) is 1.79. The third-order valence-electron chi connectivity index (χ3n) is 2.89. The van der Waals surface area contributed by atoms with Gasteiger partial charge in [0, 0.05) is 0 Å². The van der Waals surface area contributed by atoms with E-state index in [2.05, 4.69) is 0 Å². The van der Waals surface area contributed by atoms with E-state index >= 15 is 0 Å². The zero-order valence-electron chi connectivity index (χ0n) is 11.4. The lowest BCUT2D eigenvalue weighted by atomic mass is 10.3. The van der Waals surface area contributed by atoms with Crippen molar-refractivity contribution >= 4 is 11.4 Å². The van der Waals surface area contributed by atoms with Gasteiger partial charge >= 0.3 is 0 Å². The van der Waals surface area contributed by atoms with Crippen LogP contribution in [0.3, 0.4) is 0 Å². The molecule has 0 bridgehead atoms. The van der Waals surface area contributed by atoms with Crippen molar-refractivity contribution in [2.45, 2.75) is 12.8 Å². The van der Waals surface area contributed by atoms with Gasteiger partial charge in [-0.15, -0.1) is 0 Å². The number of rotatable bonds is 7. The van der Waals surface area contributed by atoms with Crippen molar-refractivity contribution in [1.29, 1.82) is 0 Å². The van der Waals surface area contributed by atoms with Crippen LogP contribution in [0.15, 0.2) is 48.5 Å². The van der Waals surface area contributed by atoms with Crippen LogP contribution in [0.25, 0.3) is 0 Å². The van der Waals surface area contributed by atoms with Crippen LogP contribution in [-0.2, 0) is 0 Å². The third-order valence-corrected chi connectivity index (χ3v) is 2.89. The van der Waals surface area contributed by atoms with E-state index in [1.807, 2.05) is 48.5 Å². The molecule has 106 valence electrons. The second-order valence-electron chi connectivity index (χ2n) is 4.48. The standard InChI is InChI=1S/C16H20N2O2/c17-13-7-1-3-9-15(13)19-11-5-6-12-20-16-10-4-2-8-14(16)18/h1-4,7-10H,5-6,11-12,17-18H2. The zero-order valence-corrected chi connectivity index (χ0v) is 11.4. The van der Waals surface area contributed by atoms with Crippen LogP contribution in [0, 0.1) is 0 Å². The lowest BCUT2D eigenvalue weighted by Gasteiger charge is -2.10. The molecule has 0 unspecified atom stereocenters. The zero-order chi connectivity index (χ0) is 14.2. The van der Waals surface area contributed by atoms with Crippen LogP contribution >= 0.6 is 0 Å². The summed E-state index contributed by atoms with van der Waals surface area (Å²) in [6.07, 6.45) is 1.81. The smallest absolute Gasteiger partial charge is 0.142 e. The maximum Gasteiger partial charge on any atom is 0.142 e. The number of para-hydroxylation sites is 4. The van der Waals surface area contributed by atoms with Gasteiger partial charge < -0.3 is 20.9 Å². The minimum Gasteiger partial charge on any atom is -0.491 e. The fourth-order valence-corrected chi connectivity index (χ4v) is 1.79. The Bertz CT molecular complexity index is 494. The molecule has 0 radical (unpaired) electrons. The molecule has 0 amide bonds. The minimum atomic E-state index is 0.627. The van der Waals surface area contributed by atoms with Gasteiger partial charge in [0.2, 0.25) is 0 Å². The second-order valence-corrected chi connectivity index (χ2v) is 4.48. The Morgan fingerprint density at radius 1 is 0.650 bits per heavy atom. The Morgan fingerprint density at radius 2 is 1.05 bits per heavy atom. The van der Waals surface area contributed by atoms with Crippen molar-refractivity contribution in [3.63, 3.8) is 0 Å². The molecule has 0 atom stereocenters. The van der Waals surface area contributed by atoms with Gasteiger partial charge in [0.1, 0.15) is 11.5 Å². The van der Waals surface area contributed by atoms with Crippen LogP contribution in [-0.4, -0.2) is 13.2 Å². The Morgan fingerprint density at radius 3 is 1.45 bits per heavy atom. The molecule has 2 rings (SSSR count). The first-order chi connectivity index (χ1) is 9.77. The van der Waals surface area contributed by atoms with Gasteiger partial charge in [0.25, 0.3) is 0 Å². The summed E-state index contributed by atoms with van der Waals surface area (Å²) >= 11 is 0. The van der Waals surface area contributed by atoms with Gasteiger partial charge in [-0.25, -0.2) is 0 Å². The van der Waals surface area contributed by atoms with Gasteiger partial charge in [-0.3, -0.25) is 0 Å². The molecule has 0 spiro atoms. The Balaban J connectivity index is 1.63. The molecular formula is C16H20N2O2. The largest absolute Gasteiger partial charge is 0.491 e. The molecule has 0 saturated carbocycles. The first-order valence-electron chi connectivity index (χ1n) is 6.72. The predicted octanol–water partition coefficient (Wildman–Crippen LogP) is 3.09. The number of nitrogens with two attached hydrogens (primary N) is 2. The number of hydrogen-bond acceptors (Lipinski definition) is 4. The van der Waals surface area contributed by atoms with Crippen molar-refractivity contribution in [3.05, 3.63) is 48.5 Å². The number of anilines is 2. The Kier molecular flexibility index (Phi) is 5.12. The molecular weight excluding hydrogens is 252 g/mol. The van der Waals surface area contributed by atoms with E-state index in [4.69, 9.17) is 20.9 Å². The lowest BCUT2D eigenvalue weighted by Crippen LogP contribution is -2.04. The molecule has 0 aliphatic heterocycles. The summed E-state index contributed by atoms with van der Waals surface area (Å²) in [7, 11) is 0. The summed E-state index contributed by atoms with van der Waals surface area (Å²) in [5.41, 5.74) is 12.9. The molecule has 4 nitrogen and oxygen atoms in total. The van der Waals surface area contributed by atoms with Gasteiger partial charge in [0.05, 0.1) is 24.6 Å². The monoisotopic (exact) mass is 272 g/mol. The first kappa shape index (κ1) is 14.1. The fraction of sp³-hybridized carbons (Fsp3) is 0.250. The van der Waals surface area contributed by atoms with Crippen LogP contribution in [0.5, 0.6) is 11.5 Å². The van der Waals surface area contributed by atoms with Crippen LogP contribution in [0.1, 0.15) is 12.8 Å². The normalized spacial score (nSPS) is 10.2. The molecule has 0 aliphatic rings. The highest BCUT2D eigenvalue weighted by Crippen LogP contribution is 2.21. The van der Waals surface area contributed by atoms with Gasteiger partial charge in [-0.1, -0.05) is 24.3 Å². The van der Waals surface area contributed by atoms with Crippen LogP contribution in [0.4, 0.5) is 11.4 Å². The molecule has 0 aliphatic carbocycles. The summed E-state index contributed by atoms with van der Waals surface area (Å²) in [5.74, 6) is 1.47. The molecule has 2 aromatic rings. The highest BCUT2D eigenvalue weighted by atomic mass is 16.5. The Hall–Kier alpha value is -2.36. The van der Waals surface area contributed by atoms with E-state index in [0.717, 1.165) is 24.3 Å². The van der Waals surface area contributed by atoms with Gasteiger partial charge in [-0.05, 0) is 37.1 Å². The average Bonchev–Trinajstić information content (AvgIpc) is 2.46. The van der Waals surface area contributed by atoms with E-state index in [0.29, 0.717) is 24.6 Å². The van der Waals surface area contributed by atoms with Crippen molar-refractivity contribution in [1.82, 2.24) is 0 Å². The maximum absolute atomic E-state index is 5.79. The molecule has 4 heteroatoms. The molecule has 0 fully saturated rings. The molecule has 20 heavy (non-hydrogen) atoms. The van der Waals surface area contributed by atoms with Gasteiger partial charge in [-0.2, -0.15) is 0 Å². The van der Waals surface area contributed by atoms with Crippen molar-refractivity contribution in [2.75, 3.05) is 24.7 Å². The van der Waals surface area contributed by atoms with E-state index < -0.39 is 0 Å². The number of unbranched alkanes of at least 4 members (excludes halogenated alkanes) is 1. The number of nitrogen functional groups attached to an aromatic ring is 2. The summed E-state index contributed by atoms with van der Waals surface area (Å²) in [6, 6.07) is 15.0. The first-order valence-corrected chi connectivity index (χ1v) is 6.72. The maximum atomic E-state index is 5.79. The third kappa shape index (κ3) is 4.09. The summed E-state index contributed by atoms with van der Waals surface area (Å²) in [5, 5.41) is 0. The van der Waals surface area contributed by atoms with Gasteiger partial charge in [0.15, 0.2) is 0 Å². The van der Waals surface area contributed by atoms with Crippen LogP contribution < -0.4 is 20.9 Å². The minimum absolute atomic E-state index is 0.627. The predicted molar refractivity (Wildman–Crippen MR) is 81.9 cm³/mol. The van der Waals surface area contributed by atoms with E-state index in [9.17, 15) is 0 Å². The quantitative estimate of drug-likeness (QED) is 0.600. The number of hydrogen-bond donors (Lipinski definition) is 2. The Labute approximate surface area is 119 Å². The highest BCUT2D eigenvalue weighted by Gasteiger charge is 2.00. The molecule has 4 N–H and O–H groups in total. The van der Waals surface area contributed by atoms with Crippen molar-refractivity contribution < 1.29 is 9.47 Å². The van der Waals surface area contributed by atoms with Crippen LogP contribution in [0.2, 0.25) is 0 Å². The summed E-state index contributed by atoms with van der Waals surface area (Å²) in [6.45, 7) is 1.25. The van der Waals surface area contributed by atoms with E-state index in [-0.39, 0.29) is 0 Å². The van der Waals surface area contributed by atoms with E-state index in [1.54, 1.807) is 0 Å². The summed E-state index contributed by atoms with van der Waals surface area (Å²) in [4.78, 5) is 0. The summed E-state index contributed by atoms with van der Waals surface area (Å²) < 4.78 is 11.2. The van der Waals surface area contributed by atoms with Crippen molar-refractivity contribution in [2.24, 2.45) is 0 Å². The van der Waals surface area contributed by atoms with E-state index in [1.165, 1.54) is 0 Å². The molecule has 0 aromatic heterocycles. The highest BCUT2D eigenvalue weighted by molar-refractivity contribution is 5.52. The van der Waals surface area contributed by atoms with Crippen molar-refractivity contribution in [3.8, 4) is 11.5 Å². The molecule has 0 heterocycles. The molecule has 0 saturated heterocycles. The average molecular weight is 272 g/mol. The SMILES string of the molecule is Nc1ccccc1OCCCCOc1ccccc1N.